The maximum atomic E-state index is 12.3. The van der Waals surface area contributed by atoms with E-state index in [9.17, 15) is 18.0 Å². The summed E-state index contributed by atoms with van der Waals surface area (Å²) in [5.74, 6) is -0.249. The van der Waals surface area contributed by atoms with Gasteiger partial charge in [-0.2, -0.15) is 0 Å². The van der Waals surface area contributed by atoms with E-state index in [4.69, 9.17) is 4.74 Å². The van der Waals surface area contributed by atoms with E-state index in [1.807, 2.05) is 4.90 Å². The normalized spacial score (nSPS) is 14.8. The van der Waals surface area contributed by atoms with Crippen LogP contribution in [0.25, 0.3) is 0 Å². The molecule has 1 aliphatic heterocycles. The van der Waals surface area contributed by atoms with E-state index in [-0.39, 0.29) is 11.4 Å². The Balaban J connectivity index is 1.66. The first kappa shape index (κ1) is 17.9. The van der Waals surface area contributed by atoms with Crippen LogP contribution in [-0.4, -0.2) is 48.5 Å². The van der Waals surface area contributed by atoms with Gasteiger partial charge < -0.3 is 19.7 Å². The number of amides is 1. The van der Waals surface area contributed by atoms with E-state index in [2.05, 4.69) is 20.0 Å². The lowest BCUT2D eigenvalue weighted by atomic mass is 10.2. The van der Waals surface area contributed by atoms with Gasteiger partial charge in [-0.3, -0.25) is 4.79 Å². The fourth-order valence-corrected chi connectivity index (χ4v) is 2.37. The van der Waals surface area contributed by atoms with Crippen LogP contribution in [0.3, 0.4) is 0 Å². The van der Waals surface area contributed by atoms with Gasteiger partial charge in [0.15, 0.2) is 0 Å². The molecule has 138 valence electrons. The van der Waals surface area contributed by atoms with Gasteiger partial charge in [0.1, 0.15) is 23.6 Å². The quantitative estimate of drug-likeness (QED) is 0.894. The minimum Gasteiger partial charge on any atom is -0.406 e. The predicted molar refractivity (Wildman–Crippen MR) is 86.1 cm³/mol. The topological polar surface area (TPSA) is 76.6 Å². The molecular formula is C16H15F3N4O3. The molecule has 0 spiro atoms. The van der Waals surface area contributed by atoms with Gasteiger partial charge in [0.25, 0.3) is 5.91 Å². The maximum Gasteiger partial charge on any atom is 0.573 e. The van der Waals surface area contributed by atoms with Crippen molar-refractivity contribution in [2.24, 2.45) is 0 Å². The van der Waals surface area contributed by atoms with E-state index in [1.165, 1.54) is 18.5 Å². The summed E-state index contributed by atoms with van der Waals surface area (Å²) in [6.45, 7) is 2.49. The molecule has 26 heavy (non-hydrogen) atoms. The molecule has 2 heterocycles. The summed E-state index contributed by atoms with van der Waals surface area (Å²) in [7, 11) is 0. The zero-order valence-corrected chi connectivity index (χ0v) is 13.5. The second-order valence-electron chi connectivity index (χ2n) is 5.39. The molecule has 1 aromatic heterocycles. The molecule has 7 nitrogen and oxygen atoms in total. The number of carbonyl (C=O) groups is 1. The number of rotatable bonds is 4. The molecule has 0 atom stereocenters. The molecule has 1 N–H and O–H groups in total. The monoisotopic (exact) mass is 368 g/mol. The van der Waals surface area contributed by atoms with Crippen LogP contribution in [0.5, 0.6) is 5.75 Å². The molecule has 1 saturated heterocycles. The molecule has 0 saturated carbocycles. The number of hydrogen-bond acceptors (Lipinski definition) is 6. The number of halogens is 3. The van der Waals surface area contributed by atoms with Crippen molar-refractivity contribution in [3.8, 4) is 5.75 Å². The van der Waals surface area contributed by atoms with E-state index < -0.39 is 12.3 Å². The molecule has 2 aromatic rings. The molecule has 0 unspecified atom stereocenters. The Morgan fingerprint density at radius 1 is 1.15 bits per heavy atom. The third-order valence-electron chi connectivity index (χ3n) is 3.57. The van der Waals surface area contributed by atoms with Crippen LogP contribution < -0.4 is 15.0 Å². The van der Waals surface area contributed by atoms with E-state index >= 15 is 0 Å². The lowest BCUT2D eigenvalue weighted by molar-refractivity contribution is -0.274. The van der Waals surface area contributed by atoms with Crippen LogP contribution in [0.4, 0.5) is 24.7 Å². The van der Waals surface area contributed by atoms with Crippen LogP contribution in [-0.2, 0) is 4.74 Å². The minimum absolute atomic E-state index is 0.150. The molecule has 1 fully saturated rings. The van der Waals surface area contributed by atoms with Gasteiger partial charge in [0.2, 0.25) is 0 Å². The number of ether oxygens (including phenoxy) is 2. The fraction of sp³-hybridized carbons (Fsp3) is 0.312. The van der Waals surface area contributed by atoms with Crippen LogP contribution in [0.15, 0.2) is 36.7 Å². The maximum absolute atomic E-state index is 12.3. The molecule has 1 aliphatic rings. The zero-order chi connectivity index (χ0) is 18.6. The fourth-order valence-electron chi connectivity index (χ4n) is 2.37. The summed E-state index contributed by atoms with van der Waals surface area (Å²) in [6, 6.07) is 6.40. The minimum atomic E-state index is -4.76. The predicted octanol–water partition coefficient (Wildman–Crippen LogP) is 2.46. The molecule has 1 amide bonds. The summed E-state index contributed by atoms with van der Waals surface area (Å²) in [5.41, 5.74) is 0.466. The third kappa shape index (κ3) is 4.82. The highest BCUT2D eigenvalue weighted by Gasteiger charge is 2.31. The average Bonchev–Trinajstić information content (AvgIpc) is 2.63. The van der Waals surface area contributed by atoms with Gasteiger partial charge in [-0.05, 0) is 24.3 Å². The highest BCUT2D eigenvalue weighted by atomic mass is 19.4. The van der Waals surface area contributed by atoms with Crippen molar-refractivity contribution >= 4 is 17.4 Å². The Bertz CT molecular complexity index is 762. The van der Waals surface area contributed by atoms with Crippen LogP contribution in [0.2, 0.25) is 0 Å². The second-order valence-corrected chi connectivity index (χ2v) is 5.39. The Labute approximate surface area is 146 Å². The van der Waals surface area contributed by atoms with E-state index in [0.29, 0.717) is 37.8 Å². The van der Waals surface area contributed by atoms with Gasteiger partial charge in [-0.1, -0.05) is 0 Å². The Kier molecular flexibility index (Phi) is 5.21. The summed E-state index contributed by atoms with van der Waals surface area (Å²) in [6.07, 6.45) is -3.47. The summed E-state index contributed by atoms with van der Waals surface area (Å²) >= 11 is 0. The van der Waals surface area contributed by atoms with Gasteiger partial charge in [0, 0.05) is 24.8 Å². The summed E-state index contributed by atoms with van der Waals surface area (Å²) in [5, 5.41) is 2.57. The van der Waals surface area contributed by atoms with E-state index in [0.717, 1.165) is 12.1 Å². The Hall–Kier alpha value is -2.88. The smallest absolute Gasteiger partial charge is 0.406 e. The standard InChI is InChI=1S/C16H15F3N4O3/c17-16(18,19)26-12-3-1-11(2-4-12)22-15(24)13-9-14(21-10-20-13)23-5-7-25-8-6-23/h1-4,9-10H,5-8H2,(H,22,24). The van der Waals surface area contributed by atoms with Crippen molar-refractivity contribution < 1.29 is 27.4 Å². The zero-order valence-electron chi connectivity index (χ0n) is 13.5. The van der Waals surface area contributed by atoms with Crippen molar-refractivity contribution in [1.82, 2.24) is 9.97 Å². The molecule has 10 heteroatoms. The van der Waals surface area contributed by atoms with Gasteiger partial charge in [-0.25, -0.2) is 9.97 Å². The first-order valence-corrected chi connectivity index (χ1v) is 7.73. The SMILES string of the molecule is O=C(Nc1ccc(OC(F)(F)F)cc1)c1cc(N2CCOCC2)ncn1. The molecular weight excluding hydrogens is 353 g/mol. The molecule has 0 aliphatic carbocycles. The third-order valence-corrected chi connectivity index (χ3v) is 3.57. The van der Waals surface area contributed by atoms with Crippen LogP contribution in [0.1, 0.15) is 10.5 Å². The lowest BCUT2D eigenvalue weighted by Gasteiger charge is -2.27. The molecule has 0 radical (unpaired) electrons. The lowest BCUT2D eigenvalue weighted by Crippen LogP contribution is -2.37. The molecule has 1 aromatic carbocycles. The van der Waals surface area contributed by atoms with Gasteiger partial charge in [-0.15, -0.1) is 13.2 Å². The number of nitrogens with one attached hydrogen (secondary N) is 1. The van der Waals surface area contributed by atoms with Crippen molar-refractivity contribution in [1.29, 1.82) is 0 Å². The summed E-state index contributed by atoms with van der Waals surface area (Å²) in [4.78, 5) is 22.4. The number of nitrogens with zero attached hydrogens (tertiary/aromatic N) is 3. The highest BCUT2D eigenvalue weighted by Crippen LogP contribution is 2.24. The molecule has 3 rings (SSSR count). The number of anilines is 2. The average molecular weight is 368 g/mol. The number of alkyl halides is 3. The Morgan fingerprint density at radius 2 is 1.85 bits per heavy atom. The molecule has 0 bridgehead atoms. The highest BCUT2D eigenvalue weighted by molar-refractivity contribution is 6.03. The van der Waals surface area contributed by atoms with E-state index in [1.54, 1.807) is 6.07 Å². The van der Waals surface area contributed by atoms with Crippen molar-refractivity contribution in [2.45, 2.75) is 6.36 Å². The number of benzene rings is 1. The van der Waals surface area contributed by atoms with Crippen molar-refractivity contribution in [3.63, 3.8) is 0 Å². The first-order valence-electron chi connectivity index (χ1n) is 7.73. The second kappa shape index (κ2) is 7.56. The number of aromatic nitrogens is 2. The van der Waals surface area contributed by atoms with Gasteiger partial charge >= 0.3 is 6.36 Å². The number of carbonyl (C=O) groups excluding carboxylic acids is 1. The largest absolute Gasteiger partial charge is 0.573 e. The van der Waals surface area contributed by atoms with Crippen molar-refractivity contribution in [3.05, 3.63) is 42.4 Å². The van der Waals surface area contributed by atoms with Gasteiger partial charge in [0.05, 0.1) is 13.2 Å². The number of hydrogen-bond donors (Lipinski definition) is 1. The Morgan fingerprint density at radius 3 is 2.50 bits per heavy atom. The van der Waals surface area contributed by atoms with Crippen molar-refractivity contribution in [2.75, 3.05) is 36.5 Å². The first-order chi connectivity index (χ1) is 12.4. The van der Waals surface area contributed by atoms with Crippen LogP contribution >= 0.6 is 0 Å². The number of morpholine rings is 1. The van der Waals surface area contributed by atoms with Crippen LogP contribution in [0, 0.1) is 0 Å². The summed E-state index contributed by atoms with van der Waals surface area (Å²) < 4.78 is 45.5.